The Morgan fingerprint density at radius 2 is 1.57 bits per heavy atom. The number of carbonyl (C=O) groups excluding carboxylic acids is 1. The molecule has 0 heterocycles. The maximum atomic E-state index is 10.9. The van der Waals surface area contributed by atoms with Gasteiger partial charge >= 0.3 is 0 Å². The second-order valence-corrected chi connectivity index (χ2v) is 4.61. The summed E-state index contributed by atoms with van der Waals surface area (Å²) in [6.45, 7) is 1.49. The lowest BCUT2D eigenvalue weighted by Gasteiger charge is -2.01. The van der Waals surface area contributed by atoms with Crippen LogP contribution in [-0.2, 0) is 4.79 Å². The zero-order chi connectivity index (χ0) is 15.1. The summed E-state index contributed by atoms with van der Waals surface area (Å²) in [5.74, 6) is -0.0719. The van der Waals surface area contributed by atoms with Crippen LogP contribution in [0, 0.1) is 0 Å². The molecule has 0 saturated heterocycles. The highest BCUT2D eigenvalue weighted by Crippen LogP contribution is 2.15. The number of nitrogens with zero attached hydrogens (tertiary/aromatic N) is 1. The van der Waals surface area contributed by atoms with Crippen LogP contribution in [0.4, 0.5) is 11.4 Å². The molecule has 3 nitrogen and oxygen atoms in total. The zero-order valence-electron chi connectivity index (χ0n) is 11.5. The third-order valence-electron chi connectivity index (χ3n) is 2.77. The maximum absolute atomic E-state index is 10.9. The standard InChI is InChI=1S/C17H14N2OS/c1-13(20)19-17-10-6-15(7-11-17)3-2-14-4-8-16(9-5-14)18-12-21/h2-11H,1H3,(H,19,20). The number of benzene rings is 2. The van der Waals surface area contributed by atoms with Gasteiger partial charge in [-0.05, 0) is 47.6 Å². The molecule has 0 radical (unpaired) electrons. The minimum atomic E-state index is -0.0719. The van der Waals surface area contributed by atoms with Gasteiger partial charge in [-0.1, -0.05) is 36.4 Å². The van der Waals surface area contributed by atoms with Crippen LogP contribution >= 0.6 is 12.2 Å². The number of rotatable bonds is 4. The van der Waals surface area contributed by atoms with E-state index in [0.717, 1.165) is 22.5 Å². The van der Waals surface area contributed by atoms with Gasteiger partial charge < -0.3 is 5.32 Å². The van der Waals surface area contributed by atoms with E-state index in [1.807, 2.05) is 60.7 Å². The van der Waals surface area contributed by atoms with Gasteiger partial charge in [-0.2, -0.15) is 4.99 Å². The lowest BCUT2D eigenvalue weighted by molar-refractivity contribution is -0.114. The number of nitrogens with one attached hydrogen (secondary N) is 1. The average molecular weight is 294 g/mol. The van der Waals surface area contributed by atoms with Crippen molar-refractivity contribution >= 4 is 46.8 Å². The largest absolute Gasteiger partial charge is 0.326 e. The highest BCUT2D eigenvalue weighted by Gasteiger charge is 1.94. The number of thiocarbonyl (C=S) groups is 1. The average Bonchev–Trinajstić information content (AvgIpc) is 2.48. The first-order valence-corrected chi connectivity index (χ1v) is 6.82. The smallest absolute Gasteiger partial charge is 0.221 e. The molecule has 2 aromatic rings. The second kappa shape index (κ2) is 7.29. The molecule has 2 rings (SSSR count). The molecule has 21 heavy (non-hydrogen) atoms. The molecule has 0 atom stereocenters. The monoisotopic (exact) mass is 294 g/mol. The predicted octanol–water partition coefficient (Wildman–Crippen LogP) is 4.55. The molecule has 0 saturated carbocycles. The molecule has 0 aliphatic carbocycles. The van der Waals surface area contributed by atoms with Crippen LogP contribution < -0.4 is 5.32 Å². The molecular weight excluding hydrogens is 280 g/mol. The van der Waals surface area contributed by atoms with E-state index in [-0.39, 0.29) is 5.91 Å². The summed E-state index contributed by atoms with van der Waals surface area (Å²) in [7, 11) is 0. The van der Waals surface area contributed by atoms with Gasteiger partial charge in [0.25, 0.3) is 0 Å². The number of anilines is 1. The van der Waals surface area contributed by atoms with Crippen LogP contribution in [0.2, 0.25) is 0 Å². The molecule has 0 fully saturated rings. The van der Waals surface area contributed by atoms with Gasteiger partial charge in [0.15, 0.2) is 0 Å². The van der Waals surface area contributed by atoms with Crippen molar-refractivity contribution in [3.05, 3.63) is 59.7 Å². The Bertz CT molecular complexity index is 697. The molecule has 1 N–H and O–H groups in total. The van der Waals surface area contributed by atoms with Crippen molar-refractivity contribution in [3.8, 4) is 0 Å². The molecule has 4 heteroatoms. The van der Waals surface area contributed by atoms with Crippen molar-refractivity contribution in [2.75, 3.05) is 5.32 Å². The zero-order valence-corrected chi connectivity index (χ0v) is 12.4. The molecule has 0 bridgehead atoms. The van der Waals surface area contributed by atoms with Crippen molar-refractivity contribution in [3.63, 3.8) is 0 Å². The molecular formula is C17H14N2OS. The third-order valence-corrected chi connectivity index (χ3v) is 2.86. The van der Waals surface area contributed by atoms with Gasteiger partial charge in [-0.25, -0.2) is 0 Å². The van der Waals surface area contributed by atoms with Crippen LogP contribution in [0.15, 0.2) is 53.5 Å². The first-order chi connectivity index (χ1) is 10.2. The van der Waals surface area contributed by atoms with Gasteiger partial charge in [-0.3, -0.25) is 4.79 Å². The fraction of sp³-hybridized carbons (Fsp3) is 0.0588. The Morgan fingerprint density at radius 1 is 1.05 bits per heavy atom. The van der Waals surface area contributed by atoms with Gasteiger partial charge in [0.1, 0.15) is 0 Å². The van der Waals surface area contributed by atoms with Crippen LogP contribution in [0.25, 0.3) is 12.2 Å². The number of hydrogen-bond acceptors (Lipinski definition) is 3. The Balaban J connectivity index is 2.06. The van der Waals surface area contributed by atoms with E-state index in [4.69, 9.17) is 0 Å². The highest BCUT2D eigenvalue weighted by molar-refractivity contribution is 7.78. The number of carbonyl (C=O) groups is 1. The minimum absolute atomic E-state index is 0.0719. The van der Waals surface area contributed by atoms with Crippen LogP contribution in [0.3, 0.4) is 0 Å². The van der Waals surface area contributed by atoms with Gasteiger partial charge in [-0.15, -0.1) is 0 Å². The van der Waals surface area contributed by atoms with E-state index in [9.17, 15) is 4.79 Å². The summed E-state index contributed by atoms with van der Waals surface area (Å²) in [4.78, 5) is 14.8. The van der Waals surface area contributed by atoms with Crippen molar-refractivity contribution in [1.29, 1.82) is 0 Å². The lowest BCUT2D eigenvalue weighted by Crippen LogP contribution is -2.05. The summed E-state index contributed by atoms with van der Waals surface area (Å²) in [6, 6.07) is 15.4. The van der Waals surface area contributed by atoms with E-state index in [1.165, 1.54) is 6.92 Å². The van der Waals surface area contributed by atoms with E-state index in [2.05, 4.69) is 27.7 Å². The number of hydrogen-bond donors (Lipinski definition) is 1. The summed E-state index contributed by atoms with van der Waals surface area (Å²) in [5.41, 5.74) is 3.72. The van der Waals surface area contributed by atoms with Crippen molar-refractivity contribution < 1.29 is 4.79 Å². The summed E-state index contributed by atoms with van der Waals surface area (Å²) < 4.78 is 0. The van der Waals surface area contributed by atoms with E-state index < -0.39 is 0 Å². The van der Waals surface area contributed by atoms with E-state index in [1.54, 1.807) is 0 Å². The molecule has 0 aliphatic heterocycles. The highest BCUT2D eigenvalue weighted by atomic mass is 32.1. The van der Waals surface area contributed by atoms with Gasteiger partial charge in [0.05, 0.1) is 10.8 Å². The second-order valence-electron chi connectivity index (χ2n) is 4.43. The Labute approximate surface area is 129 Å². The lowest BCUT2D eigenvalue weighted by atomic mass is 10.1. The molecule has 0 aliphatic rings. The van der Waals surface area contributed by atoms with E-state index in [0.29, 0.717) is 0 Å². The summed E-state index contributed by atoms with van der Waals surface area (Å²) >= 11 is 4.56. The topological polar surface area (TPSA) is 41.5 Å². The number of amides is 1. The number of aliphatic imine (C=N–C) groups is 1. The SMILES string of the molecule is CC(=O)Nc1ccc(C=Cc2ccc(N=C=S)cc2)cc1. The maximum Gasteiger partial charge on any atom is 0.221 e. The molecule has 2 aromatic carbocycles. The van der Waals surface area contributed by atoms with Crippen LogP contribution in [0.5, 0.6) is 0 Å². The van der Waals surface area contributed by atoms with Gasteiger partial charge in [0.2, 0.25) is 5.91 Å². The first kappa shape index (κ1) is 14.9. The fourth-order valence-corrected chi connectivity index (χ4v) is 1.89. The van der Waals surface area contributed by atoms with Crippen molar-refractivity contribution in [1.82, 2.24) is 0 Å². The molecule has 0 spiro atoms. The Kier molecular flexibility index (Phi) is 5.16. The number of isothiocyanates is 1. The van der Waals surface area contributed by atoms with E-state index >= 15 is 0 Å². The minimum Gasteiger partial charge on any atom is -0.326 e. The predicted molar refractivity (Wildman–Crippen MR) is 90.8 cm³/mol. The Morgan fingerprint density at radius 3 is 2.05 bits per heavy atom. The summed E-state index contributed by atoms with van der Waals surface area (Å²) in [5, 5.41) is 5.08. The van der Waals surface area contributed by atoms with Crippen molar-refractivity contribution in [2.24, 2.45) is 4.99 Å². The molecule has 0 unspecified atom stereocenters. The summed E-state index contributed by atoms with van der Waals surface area (Å²) in [6.07, 6.45) is 4.02. The normalized spacial score (nSPS) is 10.1. The molecule has 1 amide bonds. The third kappa shape index (κ3) is 4.80. The van der Waals surface area contributed by atoms with Crippen LogP contribution in [-0.4, -0.2) is 11.1 Å². The fourth-order valence-electron chi connectivity index (χ4n) is 1.79. The van der Waals surface area contributed by atoms with Crippen LogP contribution in [0.1, 0.15) is 18.1 Å². The molecule has 104 valence electrons. The van der Waals surface area contributed by atoms with Crippen molar-refractivity contribution in [2.45, 2.75) is 6.92 Å². The first-order valence-electron chi connectivity index (χ1n) is 6.41. The van der Waals surface area contributed by atoms with Gasteiger partial charge in [0, 0.05) is 12.6 Å². The molecule has 0 aromatic heterocycles. The quantitative estimate of drug-likeness (QED) is 0.510. The Hall–Kier alpha value is -2.55.